The molecule has 6 heteroatoms. The van der Waals surface area contributed by atoms with E-state index in [9.17, 15) is 12.8 Å². The van der Waals surface area contributed by atoms with E-state index in [1.165, 1.54) is 12.1 Å². The van der Waals surface area contributed by atoms with Crippen LogP contribution in [0.1, 0.15) is 49.7 Å². The lowest BCUT2D eigenvalue weighted by atomic mass is 10.1. The first-order valence-electron chi connectivity index (χ1n) is 7.45. The molecule has 118 valence electrons. The normalized spacial score (nSPS) is 17.7. The van der Waals surface area contributed by atoms with Gasteiger partial charge in [0.05, 0.1) is 4.90 Å². The molecule has 2 rings (SSSR count). The zero-order chi connectivity index (χ0) is 15.5. The van der Waals surface area contributed by atoms with Gasteiger partial charge in [0.15, 0.2) is 0 Å². The Morgan fingerprint density at radius 2 is 1.86 bits per heavy atom. The van der Waals surface area contributed by atoms with Crippen LogP contribution in [0.2, 0.25) is 0 Å². The van der Waals surface area contributed by atoms with Gasteiger partial charge in [-0.2, -0.15) is 0 Å². The van der Waals surface area contributed by atoms with Gasteiger partial charge >= 0.3 is 0 Å². The first-order chi connectivity index (χ1) is 9.94. The van der Waals surface area contributed by atoms with Gasteiger partial charge in [-0.1, -0.05) is 25.7 Å². The first kappa shape index (κ1) is 16.4. The molecular weight excluding hydrogens is 291 g/mol. The van der Waals surface area contributed by atoms with Crippen molar-refractivity contribution >= 4 is 10.0 Å². The van der Waals surface area contributed by atoms with Crippen LogP contribution in [-0.4, -0.2) is 14.5 Å². The van der Waals surface area contributed by atoms with Gasteiger partial charge in [-0.3, -0.25) is 0 Å². The van der Waals surface area contributed by atoms with Crippen molar-refractivity contribution in [3.05, 3.63) is 29.1 Å². The zero-order valence-corrected chi connectivity index (χ0v) is 13.2. The number of nitrogens with two attached hydrogens (primary N) is 1. The lowest BCUT2D eigenvalue weighted by Crippen LogP contribution is -2.34. The number of benzene rings is 1. The van der Waals surface area contributed by atoms with Crippen molar-refractivity contribution in [2.24, 2.45) is 5.73 Å². The van der Waals surface area contributed by atoms with Gasteiger partial charge < -0.3 is 5.73 Å². The second-order valence-corrected chi connectivity index (χ2v) is 7.44. The van der Waals surface area contributed by atoms with Gasteiger partial charge in [0.25, 0.3) is 0 Å². The Bertz CT molecular complexity index is 594. The van der Waals surface area contributed by atoms with Gasteiger partial charge in [-0.25, -0.2) is 17.5 Å². The predicted molar refractivity (Wildman–Crippen MR) is 80.8 cm³/mol. The van der Waals surface area contributed by atoms with E-state index in [1.807, 2.05) is 0 Å². The summed E-state index contributed by atoms with van der Waals surface area (Å²) in [4.78, 5) is 0.103. The van der Waals surface area contributed by atoms with Crippen molar-refractivity contribution in [1.82, 2.24) is 4.72 Å². The largest absolute Gasteiger partial charge is 0.326 e. The van der Waals surface area contributed by atoms with Crippen LogP contribution in [0.3, 0.4) is 0 Å². The highest BCUT2D eigenvalue weighted by Crippen LogP contribution is 2.22. The fourth-order valence-electron chi connectivity index (χ4n) is 2.80. The fraction of sp³-hybridized carbons (Fsp3) is 0.600. The summed E-state index contributed by atoms with van der Waals surface area (Å²) >= 11 is 0. The minimum absolute atomic E-state index is 0.0144. The number of rotatable bonds is 4. The van der Waals surface area contributed by atoms with Crippen LogP contribution in [0.15, 0.2) is 17.0 Å². The van der Waals surface area contributed by atoms with E-state index in [0.717, 1.165) is 38.5 Å². The monoisotopic (exact) mass is 314 g/mol. The zero-order valence-electron chi connectivity index (χ0n) is 12.4. The van der Waals surface area contributed by atoms with Gasteiger partial charge in [0.1, 0.15) is 5.82 Å². The summed E-state index contributed by atoms with van der Waals surface area (Å²) in [6.07, 6.45) is 6.14. The molecule has 1 aromatic carbocycles. The number of halogens is 1. The maximum atomic E-state index is 13.8. The third-order valence-electron chi connectivity index (χ3n) is 4.01. The highest BCUT2D eigenvalue weighted by atomic mass is 32.2. The third kappa shape index (κ3) is 4.02. The minimum atomic E-state index is -3.62. The van der Waals surface area contributed by atoms with Gasteiger partial charge in [-0.15, -0.1) is 0 Å². The summed E-state index contributed by atoms with van der Waals surface area (Å²) in [6, 6.07) is 2.68. The molecule has 3 N–H and O–H groups in total. The molecule has 1 aromatic rings. The van der Waals surface area contributed by atoms with Gasteiger partial charge in [-0.05, 0) is 37.5 Å². The average Bonchev–Trinajstić information content (AvgIpc) is 2.69. The van der Waals surface area contributed by atoms with Crippen LogP contribution in [-0.2, 0) is 16.6 Å². The number of hydrogen-bond acceptors (Lipinski definition) is 3. The van der Waals surface area contributed by atoms with Crippen LogP contribution in [0.25, 0.3) is 0 Å². The van der Waals surface area contributed by atoms with Crippen molar-refractivity contribution in [1.29, 1.82) is 0 Å². The maximum absolute atomic E-state index is 13.8. The number of nitrogens with one attached hydrogen (secondary N) is 1. The van der Waals surface area contributed by atoms with Crippen LogP contribution >= 0.6 is 0 Å². The molecular formula is C15H23FN2O2S. The molecule has 0 amide bonds. The van der Waals surface area contributed by atoms with E-state index < -0.39 is 15.8 Å². The minimum Gasteiger partial charge on any atom is -0.326 e. The molecule has 0 bridgehead atoms. The molecule has 1 aliphatic rings. The van der Waals surface area contributed by atoms with E-state index >= 15 is 0 Å². The molecule has 1 aliphatic carbocycles. The molecule has 21 heavy (non-hydrogen) atoms. The second-order valence-electron chi connectivity index (χ2n) is 5.73. The Morgan fingerprint density at radius 1 is 1.24 bits per heavy atom. The van der Waals surface area contributed by atoms with E-state index in [4.69, 9.17) is 5.73 Å². The topological polar surface area (TPSA) is 72.2 Å². The summed E-state index contributed by atoms with van der Waals surface area (Å²) in [5, 5.41) is 0. The van der Waals surface area contributed by atoms with Crippen LogP contribution in [0.4, 0.5) is 4.39 Å². The van der Waals surface area contributed by atoms with E-state index in [1.54, 1.807) is 6.92 Å². The summed E-state index contributed by atoms with van der Waals surface area (Å²) in [6.45, 7) is 1.54. The van der Waals surface area contributed by atoms with Crippen molar-refractivity contribution < 1.29 is 12.8 Å². The summed E-state index contributed by atoms with van der Waals surface area (Å²) in [7, 11) is -3.62. The van der Waals surface area contributed by atoms with E-state index in [2.05, 4.69) is 4.72 Å². The third-order valence-corrected chi connectivity index (χ3v) is 5.51. The Balaban J connectivity index is 2.24. The van der Waals surface area contributed by atoms with Crippen LogP contribution < -0.4 is 10.5 Å². The molecule has 0 aliphatic heterocycles. The highest BCUT2D eigenvalue weighted by molar-refractivity contribution is 7.89. The summed E-state index contributed by atoms with van der Waals surface area (Å²) in [5.74, 6) is -0.425. The fourth-order valence-corrected chi connectivity index (χ4v) is 4.24. The number of sulfonamides is 1. The molecule has 1 saturated carbocycles. The van der Waals surface area contributed by atoms with Gasteiger partial charge in [0, 0.05) is 18.2 Å². The Kier molecular flexibility index (Phi) is 5.35. The molecule has 0 heterocycles. The Morgan fingerprint density at radius 3 is 2.43 bits per heavy atom. The summed E-state index contributed by atoms with van der Waals surface area (Å²) in [5.41, 5.74) is 6.02. The molecule has 1 fully saturated rings. The Labute approximate surface area is 126 Å². The Hall–Kier alpha value is -0.980. The predicted octanol–water partition coefficient (Wildman–Crippen LogP) is 2.59. The van der Waals surface area contributed by atoms with E-state index in [-0.39, 0.29) is 23.0 Å². The molecule has 0 spiro atoms. The molecule has 0 saturated heterocycles. The molecule has 0 atom stereocenters. The molecule has 0 radical (unpaired) electrons. The first-order valence-corrected chi connectivity index (χ1v) is 8.94. The number of hydrogen-bond donors (Lipinski definition) is 2. The van der Waals surface area contributed by atoms with Crippen LogP contribution in [0.5, 0.6) is 0 Å². The SMILES string of the molecule is Cc1cc(S(=O)(=O)NC2CCCCCC2)cc(CN)c1F. The maximum Gasteiger partial charge on any atom is 0.240 e. The molecule has 0 aromatic heterocycles. The number of aryl methyl sites for hydroxylation is 1. The second kappa shape index (κ2) is 6.85. The molecule has 4 nitrogen and oxygen atoms in total. The van der Waals surface area contributed by atoms with Crippen molar-refractivity contribution in [2.75, 3.05) is 0 Å². The quantitative estimate of drug-likeness (QED) is 0.839. The van der Waals surface area contributed by atoms with Crippen molar-refractivity contribution in [2.45, 2.75) is 62.9 Å². The lowest BCUT2D eigenvalue weighted by Gasteiger charge is -2.17. The molecule has 0 unspecified atom stereocenters. The lowest BCUT2D eigenvalue weighted by molar-refractivity contribution is 0.509. The smallest absolute Gasteiger partial charge is 0.240 e. The van der Waals surface area contributed by atoms with Crippen LogP contribution in [0, 0.1) is 12.7 Å². The summed E-state index contributed by atoms with van der Waals surface area (Å²) < 4.78 is 41.5. The van der Waals surface area contributed by atoms with Crippen molar-refractivity contribution in [3.63, 3.8) is 0 Å². The van der Waals surface area contributed by atoms with Gasteiger partial charge in [0.2, 0.25) is 10.0 Å². The van der Waals surface area contributed by atoms with Crippen molar-refractivity contribution in [3.8, 4) is 0 Å². The standard InChI is InChI=1S/C15H23FN2O2S/c1-11-8-14(9-12(10-17)15(11)16)21(19,20)18-13-6-4-2-3-5-7-13/h8-9,13,18H,2-7,10,17H2,1H3. The highest BCUT2D eigenvalue weighted by Gasteiger charge is 2.22. The van der Waals surface area contributed by atoms with E-state index in [0.29, 0.717) is 5.56 Å². The average molecular weight is 314 g/mol.